The maximum absolute atomic E-state index is 10.5. The molecule has 2 aliphatic rings. The van der Waals surface area contributed by atoms with E-state index in [4.69, 9.17) is 9.84 Å². The van der Waals surface area contributed by atoms with Crippen LogP contribution >= 0.6 is 0 Å². The Bertz CT molecular complexity index is 334. The van der Waals surface area contributed by atoms with Crippen molar-refractivity contribution in [2.24, 2.45) is 0 Å². The highest BCUT2D eigenvalue weighted by atomic mass is 16.5. The van der Waals surface area contributed by atoms with Crippen molar-refractivity contribution in [2.75, 3.05) is 6.61 Å². The molecule has 0 aromatic heterocycles. The maximum Gasteiger partial charge on any atom is 0.305 e. The molecular formula is C20H40O6. The molecule has 0 bridgehead atoms. The third-order valence-electron chi connectivity index (χ3n) is 3.17. The van der Waals surface area contributed by atoms with Gasteiger partial charge in [0.1, 0.15) is 12.1 Å². The van der Waals surface area contributed by atoms with E-state index in [1.807, 2.05) is 6.92 Å². The zero-order chi connectivity index (χ0) is 18.6. The fourth-order valence-electron chi connectivity index (χ4n) is 1.75. The van der Waals surface area contributed by atoms with Crippen LogP contribution in [0.15, 0.2) is 0 Å². The first kappa shape index (κ1) is 32.0. The molecule has 0 radical (unpaired) electrons. The van der Waals surface area contributed by atoms with E-state index < -0.39 is 5.97 Å². The molecule has 2 fully saturated rings. The lowest BCUT2D eigenvalue weighted by molar-refractivity contribution is -0.142. The van der Waals surface area contributed by atoms with Gasteiger partial charge in [-0.15, -0.1) is 0 Å². The summed E-state index contributed by atoms with van der Waals surface area (Å²) in [6.45, 7) is 4.05. The Morgan fingerprint density at radius 2 is 1.38 bits per heavy atom. The summed E-state index contributed by atoms with van der Waals surface area (Å²) in [6.07, 6.45) is 10.8. The molecule has 1 N–H and O–H groups in total. The van der Waals surface area contributed by atoms with Crippen LogP contribution < -0.4 is 0 Å². The quantitative estimate of drug-likeness (QED) is 0.539. The number of carboxylic acids is 1. The van der Waals surface area contributed by atoms with Crippen LogP contribution in [0.25, 0.3) is 0 Å². The fourth-order valence-corrected chi connectivity index (χ4v) is 1.75. The third kappa shape index (κ3) is 30.2. The van der Waals surface area contributed by atoms with E-state index in [0.717, 1.165) is 51.2 Å². The minimum absolute atomic E-state index is 0. The minimum Gasteiger partial charge on any atom is -0.481 e. The van der Waals surface area contributed by atoms with E-state index in [0.29, 0.717) is 25.2 Å². The molecular weight excluding hydrogens is 336 g/mol. The normalized spacial score (nSPS) is 15.2. The fraction of sp³-hybridized carbons (Fsp3) is 0.800. The summed E-state index contributed by atoms with van der Waals surface area (Å²) in [6, 6.07) is 0. The van der Waals surface area contributed by atoms with Crippen LogP contribution in [0.2, 0.25) is 0 Å². The van der Waals surface area contributed by atoms with Crippen molar-refractivity contribution in [1.82, 2.24) is 0 Å². The lowest BCUT2D eigenvalue weighted by Gasteiger charge is -2.05. The van der Waals surface area contributed by atoms with Crippen LogP contribution in [-0.4, -0.2) is 35.7 Å². The number of esters is 1. The van der Waals surface area contributed by atoms with Crippen LogP contribution in [0.4, 0.5) is 0 Å². The summed E-state index contributed by atoms with van der Waals surface area (Å²) < 4.78 is 4.76. The number of aliphatic carboxylic acids is 1. The molecule has 156 valence electrons. The number of cyclic esters (lactones) is 1. The highest BCUT2D eigenvalue weighted by molar-refractivity contribution is 5.78. The van der Waals surface area contributed by atoms with Gasteiger partial charge >= 0.3 is 11.9 Å². The Balaban J connectivity index is -0.000000125. The number of hydrogen-bond acceptors (Lipinski definition) is 5. The molecule has 1 aliphatic heterocycles. The molecule has 1 saturated carbocycles. The molecule has 26 heavy (non-hydrogen) atoms. The summed E-state index contributed by atoms with van der Waals surface area (Å²) in [5, 5.41) is 7.72. The van der Waals surface area contributed by atoms with Crippen molar-refractivity contribution in [3.63, 3.8) is 0 Å². The van der Waals surface area contributed by atoms with Crippen molar-refractivity contribution in [3.8, 4) is 0 Å². The van der Waals surface area contributed by atoms with Gasteiger partial charge in [0.15, 0.2) is 0 Å². The van der Waals surface area contributed by atoms with Gasteiger partial charge in [0.05, 0.1) is 6.61 Å². The molecule has 2 rings (SSSR count). The van der Waals surface area contributed by atoms with Crippen LogP contribution in [0.1, 0.15) is 99.3 Å². The lowest BCUT2D eigenvalue weighted by atomic mass is 10.00. The van der Waals surface area contributed by atoms with Crippen LogP contribution in [0.3, 0.4) is 0 Å². The lowest BCUT2D eigenvalue weighted by Crippen LogP contribution is -2.02. The van der Waals surface area contributed by atoms with E-state index >= 15 is 0 Å². The Kier molecular flexibility index (Phi) is 31.4. The minimum atomic E-state index is -0.745. The number of hydrogen-bond donors (Lipinski definition) is 1. The SMILES string of the molecule is C.C.CCC(=O)O.CCC=O.O=C1CCCCC1.O=C1CCCCCO1. The second-order valence-electron chi connectivity index (χ2n) is 5.45. The van der Waals surface area contributed by atoms with Crippen molar-refractivity contribution < 1.29 is 29.0 Å². The summed E-state index contributed by atoms with van der Waals surface area (Å²) >= 11 is 0. The number of carboxylic acid groups (broad SMARTS) is 1. The molecule has 0 atom stereocenters. The maximum atomic E-state index is 10.5. The monoisotopic (exact) mass is 376 g/mol. The molecule has 1 saturated heterocycles. The van der Waals surface area contributed by atoms with Gasteiger partial charge in [-0.2, -0.15) is 0 Å². The second kappa shape index (κ2) is 25.5. The summed E-state index contributed by atoms with van der Waals surface area (Å²) in [5.74, 6) is -0.307. The summed E-state index contributed by atoms with van der Waals surface area (Å²) in [7, 11) is 0. The Hall–Kier alpha value is -1.72. The molecule has 0 spiro atoms. The standard InChI is InChI=1S/C6H10O2.C6H10O.C3H6O2.C3H6O.2CH4/c7-6-4-2-1-3-5-8-6;7-6-4-2-1-3-5-6;1-2-3(4)5;1-2-3-4;;/h1-5H2;1-5H2;2H2,1H3,(H,4,5);3H,2H2,1H3;2*1H4. The predicted molar refractivity (Wildman–Crippen MR) is 105 cm³/mol. The van der Waals surface area contributed by atoms with Gasteiger partial charge < -0.3 is 14.6 Å². The largest absolute Gasteiger partial charge is 0.481 e. The Labute approximate surface area is 159 Å². The van der Waals surface area contributed by atoms with Crippen molar-refractivity contribution >= 4 is 24.0 Å². The van der Waals surface area contributed by atoms with Gasteiger partial charge in [-0.05, 0) is 32.1 Å². The zero-order valence-corrected chi connectivity index (χ0v) is 15.1. The predicted octanol–water partition coefficient (Wildman–Crippen LogP) is 4.97. The first-order chi connectivity index (χ1) is 11.5. The average Bonchev–Trinajstić information content (AvgIpc) is 2.84. The molecule has 1 heterocycles. The second-order valence-corrected chi connectivity index (χ2v) is 5.45. The van der Waals surface area contributed by atoms with Gasteiger partial charge in [-0.3, -0.25) is 14.4 Å². The molecule has 0 aromatic rings. The Morgan fingerprint density at radius 3 is 1.73 bits per heavy atom. The van der Waals surface area contributed by atoms with E-state index in [9.17, 15) is 19.2 Å². The molecule has 6 nitrogen and oxygen atoms in total. The molecule has 0 amide bonds. The van der Waals surface area contributed by atoms with E-state index in [2.05, 4.69) is 0 Å². The van der Waals surface area contributed by atoms with E-state index in [1.54, 1.807) is 6.92 Å². The van der Waals surface area contributed by atoms with E-state index in [-0.39, 0.29) is 27.2 Å². The van der Waals surface area contributed by atoms with Gasteiger partial charge in [0, 0.05) is 32.1 Å². The summed E-state index contributed by atoms with van der Waals surface area (Å²) in [4.78, 5) is 39.5. The molecule has 1 aliphatic carbocycles. The first-order valence-corrected chi connectivity index (χ1v) is 8.80. The summed E-state index contributed by atoms with van der Waals surface area (Å²) in [5.41, 5.74) is 0. The third-order valence-corrected chi connectivity index (χ3v) is 3.17. The number of rotatable bonds is 2. The highest BCUT2D eigenvalue weighted by Gasteiger charge is 2.06. The topological polar surface area (TPSA) is 97.7 Å². The van der Waals surface area contributed by atoms with Crippen LogP contribution in [-0.2, 0) is 23.9 Å². The van der Waals surface area contributed by atoms with E-state index in [1.165, 1.54) is 6.42 Å². The van der Waals surface area contributed by atoms with Crippen molar-refractivity contribution in [2.45, 2.75) is 99.3 Å². The molecule has 6 heteroatoms. The van der Waals surface area contributed by atoms with Crippen LogP contribution in [0, 0.1) is 0 Å². The number of carbonyl (C=O) groups excluding carboxylic acids is 3. The van der Waals surface area contributed by atoms with Crippen molar-refractivity contribution in [3.05, 3.63) is 0 Å². The number of ether oxygens (including phenoxy) is 1. The van der Waals surface area contributed by atoms with Gasteiger partial charge in [0.2, 0.25) is 0 Å². The Morgan fingerprint density at radius 1 is 0.962 bits per heavy atom. The first-order valence-electron chi connectivity index (χ1n) is 8.80. The number of ketones is 1. The van der Waals surface area contributed by atoms with Crippen LogP contribution in [0.5, 0.6) is 0 Å². The highest BCUT2D eigenvalue weighted by Crippen LogP contribution is 2.12. The zero-order valence-electron chi connectivity index (χ0n) is 15.1. The van der Waals surface area contributed by atoms with Crippen molar-refractivity contribution in [1.29, 1.82) is 0 Å². The van der Waals surface area contributed by atoms with Gasteiger partial charge in [-0.1, -0.05) is 35.1 Å². The van der Waals surface area contributed by atoms with Gasteiger partial charge in [0.25, 0.3) is 0 Å². The molecule has 0 aromatic carbocycles. The number of carbonyl (C=O) groups is 4. The van der Waals surface area contributed by atoms with Gasteiger partial charge in [-0.25, -0.2) is 0 Å². The molecule has 0 unspecified atom stereocenters. The average molecular weight is 377 g/mol. The number of Topliss-reactive ketones (excluding diaryl/α,β-unsaturated/α-hetero) is 1. The number of aldehydes is 1. The smallest absolute Gasteiger partial charge is 0.305 e.